The van der Waals surface area contributed by atoms with E-state index in [0.717, 1.165) is 19.3 Å². The van der Waals surface area contributed by atoms with E-state index in [4.69, 9.17) is 9.47 Å². The smallest absolute Gasteiger partial charge is 0.417 e. The molecule has 0 N–H and O–H groups in total. The van der Waals surface area contributed by atoms with Crippen molar-refractivity contribution in [3.05, 3.63) is 53.1 Å². The Hall–Kier alpha value is -2.28. The van der Waals surface area contributed by atoms with Gasteiger partial charge in [0, 0.05) is 16.9 Å². The number of alkyl halides is 6. The van der Waals surface area contributed by atoms with Gasteiger partial charge >= 0.3 is 12.4 Å². The average molecular weight is 494 g/mol. The minimum Gasteiger partial charge on any atom is -0.493 e. The van der Waals surface area contributed by atoms with Crippen LogP contribution >= 0.6 is 8.58 Å². The van der Waals surface area contributed by atoms with Gasteiger partial charge in [0.05, 0.1) is 24.3 Å². The van der Waals surface area contributed by atoms with Crippen molar-refractivity contribution in [2.24, 2.45) is 0 Å². The van der Waals surface area contributed by atoms with Gasteiger partial charge in [0.25, 0.3) is 0 Å². The van der Waals surface area contributed by atoms with Gasteiger partial charge in [-0.1, -0.05) is 32.8 Å². The first-order valence-electron chi connectivity index (χ1n) is 10.5. The van der Waals surface area contributed by atoms with E-state index in [9.17, 15) is 31.1 Å². The van der Waals surface area contributed by atoms with Gasteiger partial charge < -0.3 is 9.47 Å². The second-order valence-corrected chi connectivity index (χ2v) is 8.48. The first-order chi connectivity index (χ1) is 15.5. The SMILES string of the molecule is CCCCOc1ccc(PC(=O)c2c(C(F)(F)F)cccc2C(F)(F)F)c(OCCCC)c1. The summed E-state index contributed by atoms with van der Waals surface area (Å²) in [5.74, 6) is 0.657. The van der Waals surface area contributed by atoms with Crippen LogP contribution in [0, 0.1) is 0 Å². The van der Waals surface area contributed by atoms with Crippen molar-refractivity contribution in [3.8, 4) is 11.5 Å². The third kappa shape index (κ3) is 7.63. The lowest BCUT2D eigenvalue weighted by molar-refractivity contribution is -0.143. The van der Waals surface area contributed by atoms with Crippen LogP contribution in [0.1, 0.15) is 61.0 Å². The van der Waals surface area contributed by atoms with Crippen LogP contribution in [-0.2, 0) is 12.4 Å². The van der Waals surface area contributed by atoms with Gasteiger partial charge in [-0.2, -0.15) is 26.3 Å². The van der Waals surface area contributed by atoms with Crippen molar-refractivity contribution in [1.82, 2.24) is 0 Å². The molecule has 2 aromatic rings. The molecular formula is C23H25F6O3P. The molecule has 2 aromatic carbocycles. The molecule has 0 aromatic heterocycles. The van der Waals surface area contributed by atoms with Crippen molar-refractivity contribution in [2.75, 3.05) is 13.2 Å². The van der Waals surface area contributed by atoms with Gasteiger partial charge in [0.1, 0.15) is 11.5 Å². The zero-order valence-corrected chi connectivity index (χ0v) is 19.2. The molecule has 0 aliphatic rings. The highest BCUT2D eigenvalue weighted by Gasteiger charge is 2.42. The second-order valence-electron chi connectivity index (χ2n) is 7.24. The molecule has 0 saturated carbocycles. The number of unbranched alkanes of at least 4 members (excludes halogenated alkanes) is 2. The average Bonchev–Trinajstić information content (AvgIpc) is 2.74. The van der Waals surface area contributed by atoms with Gasteiger partial charge in [-0.15, -0.1) is 0 Å². The lowest BCUT2D eigenvalue weighted by atomic mass is 10.0. The number of carbonyl (C=O) groups excluding carboxylic acids is 1. The van der Waals surface area contributed by atoms with E-state index in [1.54, 1.807) is 0 Å². The normalized spacial score (nSPS) is 12.4. The third-order valence-electron chi connectivity index (χ3n) is 4.63. The summed E-state index contributed by atoms with van der Waals surface area (Å²) < 4.78 is 92.0. The summed E-state index contributed by atoms with van der Waals surface area (Å²) in [4.78, 5) is 12.9. The maximum absolute atomic E-state index is 13.4. The van der Waals surface area contributed by atoms with Crippen LogP contribution in [0.15, 0.2) is 36.4 Å². The molecule has 0 amide bonds. The summed E-state index contributed by atoms with van der Waals surface area (Å²) >= 11 is 0. The Kier molecular flexibility index (Phi) is 9.58. The van der Waals surface area contributed by atoms with E-state index in [1.165, 1.54) is 18.2 Å². The van der Waals surface area contributed by atoms with Crippen LogP contribution in [-0.4, -0.2) is 18.7 Å². The van der Waals surface area contributed by atoms with E-state index < -0.39 is 43.1 Å². The zero-order chi connectivity index (χ0) is 24.6. The van der Waals surface area contributed by atoms with Gasteiger partial charge in [-0.05, 0) is 45.7 Å². The predicted octanol–water partition coefficient (Wildman–Crippen LogP) is 7.23. The highest BCUT2D eigenvalue weighted by molar-refractivity contribution is 7.66. The lowest BCUT2D eigenvalue weighted by Crippen LogP contribution is -2.19. The highest BCUT2D eigenvalue weighted by Crippen LogP contribution is 2.42. The van der Waals surface area contributed by atoms with E-state index in [-0.39, 0.29) is 17.7 Å². The monoisotopic (exact) mass is 494 g/mol. The molecule has 1 atom stereocenters. The fourth-order valence-electron chi connectivity index (χ4n) is 2.93. The molecule has 0 spiro atoms. The number of halogens is 6. The first-order valence-corrected chi connectivity index (χ1v) is 11.5. The Morgan fingerprint density at radius 2 is 1.39 bits per heavy atom. The summed E-state index contributed by atoms with van der Waals surface area (Å²) in [6.45, 7) is 4.66. The number of ether oxygens (including phenoxy) is 2. The van der Waals surface area contributed by atoms with E-state index in [0.29, 0.717) is 37.0 Å². The maximum Gasteiger partial charge on any atom is 0.417 e. The summed E-state index contributed by atoms with van der Waals surface area (Å²) in [6.07, 6.45) is -7.01. The van der Waals surface area contributed by atoms with Crippen molar-refractivity contribution in [2.45, 2.75) is 51.9 Å². The standard InChI is InChI=1S/C23H25F6O3P/c1-3-5-12-31-15-10-11-19(18(14-15)32-13-6-4-2)33-21(30)20-16(22(24,25)26)8-7-9-17(20)23(27,28)29/h7-11,14,33H,3-6,12-13H2,1-2H3. The topological polar surface area (TPSA) is 35.5 Å². The van der Waals surface area contributed by atoms with Crippen LogP contribution in [0.2, 0.25) is 0 Å². The van der Waals surface area contributed by atoms with Crippen LogP contribution < -0.4 is 14.8 Å². The second kappa shape index (κ2) is 11.7. The Bertz CT molecular complexity index is 909. The predicted molar refractivity (Wildman–Crippen MR) is 116 cm³/mol. The molecule has 0 fully saturated rings. The van der Waals surface area contributed by atoms with E-state index >= 15 is 0 Å². The molecule has 3 nitrogen and oxygen atoms in total. The summed E-state index contributed by atoms with van der Waals surface area (Å²) in [5, 5.41) is 0.212. The third-order valence-corrected chi connectivity index (χ3v) is 5.79. The maximum atomic E-state index is 13.4. The fourth-order valence-corrected chi connectivity index (χ4v) is 4.00. The molecule has 10 heteroatoms. The number of hydrogen-bond acceptors (Lipinski definition) is 3. The summed E-state index contributed by atoms with van der Waals surface area (Å²) in [5.41, 5.74) is -5.86. The van der Waals surface area contributed by atoms with Crippen LogP contribution in [0.3, 0.4) is 0 Å². The van der Waals surface area contributed by atoms with Gasteiger partial charge in [-0.3, -0.25) is 4.79 Å². The molecule has 0 aliphatic heterocycles. The lowest BCUT2D eigenvalue weighted by Gasteiger charge is -2.18. The fraction of sp³-hybridized carbons (Fsp3) is 0.435. The quantitative estimate of drug-likeness (QED) is 0.188. The molecular weight excluding hydrogens is 469 g/mol. The van der Waals surface area contributed by atoms with Crippen LogP contribution in [0.25, 0.3) is 0 Å². The van der Waals surface area contributed by atoms with Crippen molar-refractivity contribution in [3.63, 3.8) is 0 Å². The number of carbonyl (C=O) groups is 1. The Morgan fingerprint density at radius 1 is 0.848 bits per heavy atom. The largest absolute Gasteiger partial charge is 0.493 e. The van der Waals surface area contributed by atoms with Crippen molar-refractivity contribution >= 4 is 19.4 Å². The highest BCUT2D eigenvalue weighted by atomic mass is 31.1. The molecule has 33 heavy (non-hydrogen) atoms. The van der Waals surface area contributed by atoms with Crippen LogP contribution in [0.5, 0.6) is 11.5 Å². The Labute approximate surface area is 190 Å². The number of rotatable bonds is 11. The molecule has 0 aliphatic carbocycles. The Balaban J connectivity index is 2.44. The number of benzene rings is 2. The number of hydrogen-bond donors (Lipinski definition) is 0. The van der Waals surface area contributed by atoms with Crippen molar-refractivity contribution < 1.29 is 40.6 Å². The molecule has 0 heterocycles. The van der Waals surface area contributed by atoms with E-state index in [2.05, 4.69) is 0 Å². The van der Waals surface area contributed by atoms with E-state index in [1.807, 2.05) is 13.8 Å². The van der Waals surface area contributed by atoms with Gasteiger partial charge in [-0.25, -0.2) is 0 Å². The first kappa shape index (κ1) is 27.0. The van der Waals surface area contributed by atoms with Crippen LogP contribution in [0.4, 0.5) is 26.3 Å². The molecule has 1 unspecified atom stereocenters. The Morgan fingerprint density at radius 3 is 1.91 bits per heavy atom. The molecule has 0 radical (unpaired) electrons. The minimum atomic E-state index is -5.12. The summed E-state index contributed by atoms with van der Waals surface area (Å²) in [6, 6.07) is 6.10. The minimum absolute atomic E-state index is 0.210. The summed E-state index contributed by atoms with van der Waals surface area (Å²) in [7, 11) is -1.00. The van der Waals surface area contributed by atoms with Gasteiger partial charge in [0.2, 0.25) is 0 Å². The van der Waals surface area contributed by atoms with Crippen molar-refractivity contribution in [1.29, 1.82) is 0 Å². The molecule has 182 valence electrons. The van der Waals surface area contributed by atoms with Gasteiger partial charge in [0.15, 0.2) is 5.52 Å². The molecule has 0 saturated heterocycles. The molecule has 0 bridgehead atoms. The zero-order valence-electron chi connectivity index (χ0n) is 18.2. The molecule has 2 rings (SSSR count).